The molecule has 0 bridgehead atoms. The van der Waals surface area contributed by atoms with Gasteiger partial charge < -0.3 is 20.7 Å². The second-order valence-electron chi connectivity index (χ2n) is 7.35. The van der Waals surface area contributed by atoms with E-state index >= 15 is 0 Å². The predicted octanol–water partition coefficient (Wildman–Crippen LogP) is 0.979. The lowest BCUT2D eigenvalue weighted by Gasteiger charge is -2.34. The Balaban J connectivity index is 1.38. The highest BCUT2D eigenvalue weighted by molar-refractivity contribution is 5.79. The standard InChI is InChI=1S/C17H31N3O2/c18-10-14-2-1-3-16(14)17(21)19-15-4-7-20(8-5-15)11-13-6-9-22-12-13/h13-16H,1-12,18H2,(H,19,21)/t13?,14-,16-/m1/s1. The number of piperidine rings is 1. The summed E-state index contributed by atoms with van der Waals surface area (Å²) in [5.41, 5.74) is 5.79. The van der Waals surface area contributed by atoms with Gasteiger partial charge in [0, 0.05) is 38.2 Å². The molecule has 2 heterocycles. The second kappa shape index (κ2) is 7.75. The van der Waals surface area contributed by atoms with Gasteiger partial charge in [-0.05, 0) is 50.5 Å². The van der Waals surface area contributed by atoms with E-state index in [0.29, 0.717) is 18.5 Å². The number of amides is 1. The van der Waals surface area contributed by atoms with Gasteiger partial charge in [0.05, 0.1) is 6.61 Å². The average molecular weight is 309 g/mol. The van der Waals surface area contributed by atoms with Crippen LogP contribution in [0.5, 0.6) is 0 Å². The highest BCUT2D eigenvalue weighted by Crippen LogP contribution is 2.31. The molecule has 1 saturated carbocycles. The van der Waals surface area contributed by atoms with E-state index < -0.39 is 0 Å². The summed E-state index contributed by atoms with van der Waals surface area (Å²) in [6.45, 7) is 5.89. The molecule has 2 aliphatic heterocycles. The van der Waals surface area contributed by atoms with Crippen LogP contribution in [-0.4, -0.2) is 56.2 Å². The first-order valence-electron chi connectivity index (χ1n) is 9.07. The van der Waals surface area contributed by atoms with Crippen LogP contribution in [0.15, 0.2) is 0 Å². The first-order valence-corrected chi connectivity index (χ1v) is 9.07. The molecule has 3 aliphatic rings. The summed E-state index contributed by atoms with van der Waals surface area (Å²) >= 11 is 0. The third kappa shape index (κ3) is 4.00. The molecule has 0 aromatic carbocycles. The van der Waals surface area contributed by atoms with E-state index in [1.54, 1.807) is 0 Å². The number of carbonyl (C=O) groups excluding carboxylic acids is 1. The molecule has 3 atom stereocenters. The van der Waals surface area contributed by atoms with Gasteiger partial charge in [0.25, 0.3) is 0 Å². The monoisotopic (exact) mass is 309 g/mol. The Hall–Kier alpha value is -0.650. The third-order valence-electron chi connectivity index (χ3n) is 5.77. The Morgan fingerprint density at radius 1 is 1.18 bits per heavy atom. The van der Waals surface area contributed by atoms with Crippen LogP contribution >= 0.6 is 0 Å². The molecule has 1 aliphatic carbocycles. The highest BCUT2D eigenvalue weighted by Gasteiger charge is 2.33. The largest absolute Gasteiger partial charge is 0.381 e. The fraction of sp³-hybridized carbons (Fsp3) is 0.941. The molecule has 3 rings (SSSR count). The van der Waals surface area contributed by atoms with E-state index in [4.69, 9.17) is 10.5 Å². The minimum Gasteiger partial charge on any atom is -0.381 e. The molecule has 0 aromatic rings. The summed E-state index contributed by atoms with van der Waals surface area (Å²) in [7, 11) is 0. The van der Waals surface area contributed by atoms with Crippen LogP contribution in [0.25, 0.3) is 0 Å². The maximum atomic E-state index is 12.4. The molecule has 22 heavy (non-hydrogen) atoms. The number of rotatable bonds is 5. The Bertz CT molecular complexity index is 363. The van der Waals surface area contributed by atoms with Crippen LogP contribution in [0.1, 0.15) is 38.5 Å². The lowest BCUT2D eigenvalue weighted by Crippen LogP contribution is -2.48. The number of nitrogens with one attached hydrogen (secondary N) is 1. The SMILES string of the molecule is NC[C@H]1CCC[C@H]1C(=O)NC1CCN(CC2CCOC2)CC1. The molecule has 1 amide bonds. The first-order chi connectivity index (χ1) is 10.8. The number of nitrogens with zero attached hydrogens (tertiary/aromatic N) is 1. The number of hydrogen-bond donors (Lipinski definition) is 2. The number of nitrogens with two attached hydrogens (primary N) is 1. The van der Waals surface area contributed by atoms with Gasteiger partial charge in [-0.3, -0.25) is 4.79 Å². The van der Waals surface area contributed by atoms with Crippen molar-refractivity contribution in [3.63, 3.8) is 0 Å². The molecule has 0 radical (unpaired) electrons. The Labute approximate surface area is 133 Å². The van der Waals surface area contributed by atoms with Crippen molar-refractivity contribution in [3.05, 3.63) is 0 Å². The van der Waals surface area contributed by atoms with Gasteiger partial charge in [0.15, 0.2) is 0 Å². The summed E-state index contributed by atoms with van der Waals surface area (Å²) in [5, 5.41) is 3.29. The van der Waals surface area contributed by atoms with Gasteiger partial charge in [0.1, 0.15) is 0 Å². The lowest BCUT2D eigenvalue weighted by molar-refractivity contribution is -0.127. The van der Waals surface area contributed by atoms with Crippen LogP contribution in [0.3, 0.4) is 0 Å². The molecular weight excluding hydrogens is 278 g/mol. The summed E-state index contributed by atoms with van der Waals surface area (Å²) in [4.78, 5) is 15.0. The van der Waals surface area contributed by atoms with E-state index in [1.165, 1.54) is 13.0 Å². The quantitative estimate of drug-likeness (QED) is 0.794. The zero-order chi connectivity index (χ0) is 15.4. The minimum absolute atomic E-state index is 0.165. The van der Waals surface area contributed by atoms with Crippen LogP contribution in [-0.2, 0) is 9.53 Å². The van der Waals surface area contributed by atoms with E-state index in [0.717, 1.165) is 64.3 Å². The van der Waals surface area contributed by atoms with Gasteiger partial charge in [-0.1, -0.05) is 6.42 Å². The topological polar surface area (TPSA) is 67.6 Å². The molecule has 5 nitrogen and oxygen atoms in total. The molecule has 3 N–H and O–H groups in total. The molecule has 3 fully saturated rings. The first kappa shape index (κ1) is 16.2. The van der Waals surface area contributed by atoms with E-state index in [9.17, 15) is 4.79 Å². The summed E-state index contributed by atoms with van der Waals surface area (Å²) in [6.07, 6.45) is 6.67. The Kier molecular flexibility index (Phi) is 5.71. The van der Waals surface area contributed by atoms with Crippen LogP contribution in [0, 0.1) is 17.8 Å². The van der Waals surface area contributed by atoms with Crippen molar-refractivity contribution >= 4 is 5.91 Å². The fourth-order valence-electron chi connectivity index (χ4n) is 4.32. The van der Waals surface area contributed by atoms with Crippen molar-refractivity contribution in [2.24, 2.45) is 23.5 Å². The maximum Gasteiger partial charge on any atom is 0.223 e. The molecule has 126 valence electrons. The van der Waals surface area contributed by atoms with Crippen LogP contribution in [0.4, 0.5) is 0 Å². The Morgan fingerprint density at radius 2 is 2.00 bits per heavy atom. The summed E-state index contributed by atoms with van der Waals surface area (Å²) < 4.78 is 5.46. The van der Waals surface area contributed by atoms with Crippen molar-refractivity contribution in [1.29, 1.82) is 0 Å². The maximum absolute atomic E-state index is 12.4. The van der Waals surface area contributed by atoms with Gasteiger partial charge in [-0.15, -0.1) is 0 Å². The third-order valence-corrected chi connectivity index (χ3v) is 5.77. The fourth-order valence-corrected chi connectivity index (χ4v) is 4.32. The molecule has 1 unspecified atom stereocenters. The van der Waals surface area contributed by atoms with E-state index in [-0.39, 0.29) is 11.8 Å². The molecule has 2 saturated heterocycles. The normalized spacial score (nSPS) is 34.1. The predicted molar refractivity (Wildman–Crippen MR) is 86.4 cm³/mol. The van der Waals surface area contributed by atoms with Gasteiger partial charge in [-0.25, -0.2) is 0 Å². The van der Waals surface area contributed by atoms with Crippen molar-refractivity contribution in [1.82, 2.24) is 10.2 Å². The number of hydrogen-bond acceptors (Lipinski definition) is 4. The molecule has 0 spiro atoms. The summed E-state index contributed by atoms with van der Waals surface area (Å²) in [5.74, 6) is 1.55. The zero-order valence-electron chi connectivity index (χ0n) is 13.6. The highest BCUT2D eigenvalue weighted by atomic mass is 16.5. The minimum atomic E-state index is 0.165. The smallest absolute Gasteiger partial charge is 0.223 e. The van der Waals surface area contributed by atoms with E-state index in [2.05, 4.69) is 10.2 Å². The van der Waals surface area contributed by atoms with E-state index in [1.807, 2.05) is 0 Å². The molecule has 0 aromatic heterocycles. The molecule has 5 heteroatoms. The zero-order valence-corrected chi connectivity index (χ0v) is 13.6. The second-order valence-corrected chi connectivity index (χ2v) is 7.35. The van der Waals surface area contributed by atoms with Gasteiger partial charge in [0.2, 0.25) is 5.91 Å². The van der Waals surface area contributed by atoms with Crippen LogP contribution in [0.2, 0.25) is 0 Å². The van der Waals surface area contributed by atoms with Crippen molar-refractivity contribution in [2.75, 3.05) is 39.4 Å². The van der Waals surface area contributed by atoms with Crippen molar-refractivity contribution in [2.45, 2.75) is 44.6 Å². The Morgan fingerprint density at radius 3 is 2.68 bits per heavy atom. The average Bonchev–Trinajstić information content (AvgIpc) is 3.20. The lowest BCUT2D eigenvalue weighted by atomic mass is 9.94. The van der Waals surface area contributed by atoms with Crippen molar-refractivity contribution in [3.8, 4) is 0 Å². The molecular formula is C17H31N3O2. The van der Waals surface area contributed by atoms with Crippen molar-refractivity contribution < 1.29 is 9.53 Å². The van der Waals surface area contributed by atoms with Gasteiger partial charge in [-0.2, -0.15) is 0 Å². The number of ether oxygens (including phenoxy) is 1. The summed E-state index contributed by atoms with van der Waals surface area (Å²) in [6, 6.07) is 0.364. The number of carbonyl (C=O) groups is 1. The van der Waals surface area contributed by atoms with Crippen LogP contribution < -0.4 is 11.1 Å². The number of likely N-dealkylation sites (tertiary alicyclic amines) is 1. The van der Waals surface area contributed by atoms with Gasteiger partial charge >= 0.3 is 0 Å².